The van der Waals surface area contributed by atoms with E-state index in [9.17, 15) is 5.21 Å². The van der Waals surface area contributed by atoms with Gasteiger partial charge < -0.3 is 5.21 Å². The summed E-state index contributed by atoms with van der Waals surface area (Å²) in [7, 11) is 0. The molecule has 6 N–H and O–H groups in total. The molecule has 0 unspecified atom stereocenters. The smallest absolute Gasteiger partial charge is 0.371 e. The molecule has 0 aromatic heterocycles. The molecule has 1 rings (SSSR count). The average Bonchev–Trinajstić information content (AvgIpc) is 2.38. The Morgan fingerprint density at radius 3 is 2.76 bits per heavy atom. The second-order valence-corrected chi connectivity index (χ2v) is 3.61. The van der Waals surface area contributed by atoms with E-state index in [0.717, 1.165) is 17.6 Å². The lowest BCUT2D eigenvalue weighted by Gasteiger charge is -2.07. The molecule has 0 atom stereocenters. The normalized spacial score (nSPS) is 11.9. The van der Waals surface area contributed by atoms with Gasteiger partial charge in [0.1, 0.15) is 5.69 Å². The molecule has 6 heteroatoms. The minimum absolute atomic E-state index is 0.126. The highest BCUT2D eigenvalue weighted by Crippen LogP contribution is 2.21. The number of guanidine groups is 1. The SMILES string of the molecule is CCCCN/C(N)=[N+](\O)c1ccccc1NO. The molecule has 1 aromatic rings. The van der Waals surface area contributed by atoms with Gasteiger partial charge >= 0.3 is 5.96 Å². The molecule has 0 amide bonds. The third kappa shape index (κ3) is 3.53. The lowest BCUT2D eigenvalue weighted by atomic mass is 10.3. The van der Waals surface area contributed by atoms with E-state index >= 15 is 0 Å². The third-order valence-corrected chi connectivity index (χ3v) is 2.32. The molecule has 0 aliphatic heterocycles. The number of rotatable bonds is 5. The number of nitrogens with two attached hydrogens (primary N) is 1. The van der Waals surface area contributed by atoms with Crippen molar-refractivity contribution in [2.24, 2.45) is 5.73 Å². The average molecular weight is 239 g/mol. The van der Waals surface area contributed by atoms with Crippen LogP contribution in [0.5, 0.6) is 0 Å². The van der Waals surface area contributed by atoms with Gasteiger partial charge in [-0.15, -0.1) is 0 Å². The molecule has 17 heavy (non-hydrogen) atoms. The van der Waals surface area contributed by atoms with Crippen LogP contribution in [0.2, 0.25) is 0 Å². The number of hydrogen-bond donors (Lipinski definition) is 5. The molecular formula is C11H19N4O2+. The van der Waals surface area contributed by atoms with Gasteiger partial charge in [0.2, 0.25) is 0 Å². The monoisotopic (exact) mass is 239 g/mol. The summed E-state index contributed by atoms with van der Waals surface area (Å²) in [6.07, 6.45) is 2.01. The van der Waals surface area contributed by atoms with E-state index in [1.165, 1.54) is 0 Å². The topological polar surface area (TPSA) is 93.5 Å². The van der Waals surface area contributed by atoms with Crippen LogP contribution in [0, 0.1) is 0 Å². The van der Waals surface area contributed by atoms with Crippen LogP contribution in [0.1, 0.15) is 19.8 Å². The van der Waals surface area contributed by atoms with Gasteiger partial charge in [0.05, 0.1) is 6.54 Å². The minimum atomic E-state index is 0.126. The van der Waals surface area contributed by atoms with Crippen molar-refractivity contribution in [1.82, 2.24) is 5.32 Å². The molecule has 0 aliphatic rings. The molecule has 0 saturated carbocycles. The maximum Gasteiger partial charge on any atom is 0.385 e. The Labute approximate surface area is 100 Å². The summed E-state index contributed by atoms with van der Waals surface area (Å²) in [5, 5.41) is 21.7. The Morgan fingerprint density at radius 2 is 2.12 bits per heavy atom. The zero-order valence-corrected chi connectivity index (χ0v) is 9.85. The van der Waals surface area contributed by atoms with Crippen LogP contribution in [0.3, 0.4) is 0 Å². The summed E-state index contributed by atoms with van der Waals surface area (Å²) in [6, 6.07) is 6.72. The Balaban J connectivity index is 2.85. The fourth-order valence-electron chi connectivity index (χ4n) is 1.35. The van der Waals surface area contributed by atoms with Gasteiger partial charge in [-0.2, -0.15) is 0 Å². The van der Waals surface area contributed by atoms with Crippen molar-refractivity contribution < 1.29 is 15.2 Å². The summed E-state index contributed by atoms with van der Waals surface area (Å²) < 4.78 is 0.800. The third-order valence-electron chi connectivity index (χ3n) is 2.32. The van der Waals surface area contributed by atoms with Crippen molar-refractivity contribution in [3.8, 4) is 0 Å². The Hall–Kier alpha value is -1.95. The van der Waals surface area contributed by atoms with Crippen molar-refractivity contribution in [3.05, 3.63) is 24.3 Å². The first-order valence-corrected chi connectivity index (χ1v) is 5.55. The van der Waals surface area contributed by atoms with E-state index in [4.69, 9.17) is 10.9 Å². The summed E-state index contributed by atoms with van der Waals surface area (Å²) in [6.45, 7) is 2.76. The molecule has 0 spiro atoms. The first-order chi connectivity index (χ1) is 8.20. The highest BCUT2D eigenvalue weighted by atomic mass is 16.5. The van der Waals surface area contributed by atoms with Gasteiger partial charge in [0.15, 0.2) is 5.69 Å². The second-order valence-electron chi connectivity index (χ2n) is 3.61. The van der Waals surface area contributed by atoms with E-state index in [-0.39, 0.29) is 5.96 Å². The summed E-state index contributed by atoms with van der Waals surface area (Å²) >= 11 is 0. The zero-order valence-electron chi connectivity index (χ0n) is 9.85. The standard InChI is InChI=1S/C11H18N4O2/c1-2-3-8-13-11(12)15(17)10-7-5-4-6-9(10)14-16/h4-7,14,16-17H,2-3,8H2,1H3,(H2,12,13)/p+1. The molecule has 0 saturated heterocycles. The first kappa shape index (κ1) is 13.1. The van der Waals surface area contributed by atoms with E-state index in [2.05, 4.69) is 12.2 Å². The van der Waals surface area contributed by atoms with E-state index in [1.807, 2.05) is 5.48 Å². The number of nitrogens with one attached hydrogen (secondary N) is 2. The van der Waals surface area contributed by atoms with Crippen molar-refractivity contribution in [2.75, 3.05) is 12.0 Å². The molecule has 1 aromatic carbocycles. The molecule has 0 radical (unpaired) electrons. The van der Waals surface area contributed by atoms with Crippen LogP contribution in [-0.2, 0) is 0 Å². The number of nitrogens with zero attached hydrogens (tertiary/aromatic N) is 1. The number of unbranched alkanes of at least 4 members (excludes halogenated alkanes) is 1. The molecule has 0 heterocycles. The van der Waals surface area contributed by atoms with Crippen molar-refractivity contribution in [3.63, 3.8) is 0 Å². The van der Waals surface area contributed by atoms with Gasteiger partial charge in [0, 0.05) is 0 Å². The van der Waals surface area contributed by atoms with Crippen molar-refractivity contribution in [2.45, 2.75) is 19.8 Å². The van der Waals surface area contributed by atoms with Crippen LogP contribution in [-0.4, -0.2) is 27.7 Å². The van der Waals surface area contributed by atoms with Crippen molar-refractivity contribution in [1.29, 1.82) is 0 Å². The number of para-hydroxylation sites is 2. The number of anilines is 1. The predicted octanol–water partition coefficient (Wildman–Crippen LogP) is 1.23. The Bertz CT molecular complexity index is 393. The molecule has 0 fully saturated rings. The van der Waals surface area contributed by atoms with E-state index in [0.29, 0.717) is 17.9 Å². The summed E-state index contributed by atoms with van der Waals surface area (Å²) in [5.74, 6) is 0.126. The second kappa shape index (κ2) is 6.59. The molecule has 6 nitrogen and oxygen atoms in total. The highest BCUT2D eigenvalue weighted by molar-refractivity contribution is 5.75. The Morgan fingerprint density at radius 1 is 1.41 bits per heavy atom. The van der Waals surface area contributed by atoms with Gasteiger partial charge in [0.25, 0.3) is 0 Å². The fraction of sp³-hybridized carbons (Fsp3) is 0.364. The van der Waals surface area contributed by atoms with E-state index < -0.39 is 0 Å². The largest absolute Gasteiger partial charge is 0.385 e. The van der Waals surface area contributed by atoms with Gasteiger partial charge in [-0.3, -0.25) is 21.7 Å². The van der Waals surface area contributed by atoms with Crippen LogP contribution < -0.4 is 16.5 Å². The van der Waals surface area contributed by atoms with E-state index in [1.54, 1.807) is 24.3 Å². The molecule has 94 valence electrons. The zero-order chi connectivity index (χ0) is 12.7. The van der Waals surface area contributed by atoms with Crippen molar-refractivity contribution >= 4 is 17.3 Å². The summed E-state index contributed by atoms with van der Waals surface area (Å²) in [4.78, 5) is 0. The first-order valence-electron chi connectivity index (χ1n) is 5.55. The highest BCUT2D eigenvalue weighted by Gasteiger charge is 2.12. The molecule has 0 aliphatic carbocycles. The number of hydrogen-bond acceptors (Lipinski definition) is 3. The maximum atomic E-state index is 9.86. The molecule has 0 bridgehead atoms. The minimum Gasteiger partial charge on any atom is -0.371 e. The van der Waals surface area contributed by atoms with Crippen LogP contribution in [0.15, 0.2) is 24.3 Å². The van der Waals surface area contributed by atoms with Gasteiger partial charge in [-0.1, -0.05) is 30.2 Å². The maximum absolute atomic E-state index is 9.86. The fourth-order valence-corrected chi connectivity index (χ4v) is 1.35. The van der Waals surface area contributed by atoms with Gasteiger partial charge in [-0.05, 0) is 18.6 Å². The quantitative estimate of drug-likeness (QED) is 0.133. The summed E-state index contributed by atoms with van der Waals surface area (Å²) in [5.41, 5.74) is 8.43. The lowest BCUT2D eigenvalue weighted by Crippen LogP contribution is -2.38. The number of benzene rings is 1. The molecular weight excluding hydrogens is 220 g/mol. The van der Waals surface area contributed by atoms with Crippen LogP contribution in [0.4, 0.5) is 11.4 Å². The van der Waals surface area contributed by atoms with Crippen LogP contribution in [0.25, 0.3) is 0 Å². The predicted molar refractivity (Wildman–Crippen MR) is 65.7 cm³/mol. The van der Waals surface area contributed by atoms with Gasteiger partial charge in [-0.25, -0.2) is 0 Å². The Kier molecular flexibility index (Phi) is 5.09. The van der Waals surface area contributed by atoms with Crippen LogP contribution >= 0.6 is 0 Å². The lowest BCUT2D eigenvalue weighted by molar-refractivity contribution is -0.714.